The Balaban J connectivity index is 2.43. The standard InChI is InChI=1S/C11H19N3OS/c1-8(2)6-13-11(16)14-5-3-4-9(7-14)10(12)15/h9H,1,3-7H2,2H3,(H2,12,15)(H,13,16). The number of primary amides is 1. The summed E-state index contributed by atoms with van der Waals surface area (Å²) in [5.74, 6) is -0.300. The van der Waals surface area contributed by atoms with Gasteiger partial charge in [0.2, 0.25) is 5.91 Å². The predicted molar refractivity (Wildman–Crippen MR) is 68.9 cm³/mol. The van der Waals surface area contributed by atoms with Crippen LogP contribution in [0.2, 0.25) is 0 Å². The summed E-state index contributed by atoms with van der Waals surface area (Å²) in [6.07, 6.45) is 1.83. The lowest BCUT2D eigenvalue weighted by Gasteiger charge is -2.33. The van der Waals surface area contributed by atoms with Gasteiger partial charge in [-0.25, -0.2) is 0 Å². The molecule has 0 aromatic rings. The molecule has 0 radical (unpaired) electrons. The van der Waals surface area contributed by atoms with Gasteiger partial charge in [-0.1, -0.05) is 12.2 Å². The molecule has 1 aliphatic rings. The fourth-order valence-corrected chi connectivity index (χ4v) is 1.97. The van der Waals surface area contributed by atoms with Crippen molar-refractivity contribution in [1.29, 1.82) is 0 Å². The molecule has 0 aromatic heterocycles. The van der Waals surface area contributed by atoms with Crippen molar-refractivity contribution in [3.8, 4) is 0 Å². The maximum atomic E-state index is 11.1. The van der Waals surface area contributed by atoms with Gasteiger partial charge in [-0.2, -0.15) is 0 Å². The molecule has 1 rings (SSSR count). The number of piperidine rings is 1. The molecule has 1 amide bonds. The molecule has 0 spiro atoms. The number of hydrogen-bond donors (Lipinski definition) is 2. The Morgan fingerprint density at radius 2 is 2.38 bits per heavy atom. The van der Waals surface area contributed by atoms with Crippen LogP contribution in [0.5, 0.6) is 0 Å². The van der Waals surface area contributed by atoms with Crippen LogP contribution in [0.25, 0.3) is 0 Å². The summed E-state index contributed by atoms with van der Waals surface area (Å²) < 4.78 is 0. The number of rotatable bonds is 3. The Morgan fingerprint density at radius 1 is 1.69 bits per heavy atom. The minimum atomic E-state index is -0.229. The van der Waals surface area contributed by atoms with Gasteiger partial charge in [0.1, 0.15) is 0 Å². The molecule has 90 valence electrons. The van der Waals surface area contributed by atoms with E-state index in [4.69, 9.17) is 18.0 Å². The van der Waals surface area contributed by atoms with E-state index in [1.807, 2.05) is 11.8 Å². The number of amides is 1. The molecule has 1 heterocycles. The Morgan fingerprint density at radius 3 is 2.94 bits per heavy atom. The van der Waals surface area contributed by atoms with Crippen LogP contribution >= 0.6 is 12.2 Å². The smallest absolute Gasteiger partial charge is 0.222 e. The van der Waals surface area contributed by atoms with Crippen molar-refractivity contribution in [2.45, 2.75) is 19.8 Å². The van der Waals surface area contributed by atoms with Gasteiger partial charge in [0.05, 0.1) is 5.92 Å². The zero-order chi connectivity index (χ0) is 12.1. The molecule has 0 saturated carbocycles. The second-order valence-electron chi connectivity index (χ2n) is 4.30. The van der Waals surface area contributed by atoms with Crippen LogP contribution in [0.3, 0.4) is 0 Å². The zero-order valence-corrected chi connectivity index (χ0v) is 10.5. The van der Waals surface area contributed by atoms with Gasteiger partial charge in [-0.15, -0.1) is 0 Å². The molecule has 0 aromatic carbocycles. The van der Waals surface area contributed by atoms with Crippen LogP contribution in [-0.2, 0) is 4.79 Å². The first-order valence-electron chi connectivity index (χ1n) is 5.47. The summed E-state index contributed by atoms with van der Waals surface area (Å²) in [5.41, 5.74) is 6.34. The highest BCUT2D eigenvalue weighted by Gasteiger charge is 2.25. The van der Waals surface area contributed by atoms with Crippen LogP contribution in [0.4, 0.5) is 0 Å². The molecular weight excluding hydrogens is 222 g/mol. The van der Waals surface area contributed by atoms with Crippen LogP contribution in [0.1, 0.15) is 19.8 Å². The van der Waals surface area contributed by atoms with E-state index in [0.29, 0.717) is 18.2 Å². The van der Waals surface area contributed by atoms with Crippen molar-refractivity contribution in [1.82, 2.24) is 10.2 Å². The van der Waals surface area contributed by atoms with E-state index in [1.54, 1.807) is 0 Å². The number of nitrogens with two attached hydrogens (primary N) is 1. The molecule has 1 unspecified atom stereocenters. The predicted octanol–water partition coefficient (Wildman–Crippen LogP) is 0.634. The number of thiocarbonyl (C=S) groups is 1. The topological polar surface area (TPSA) is 58.4 Å². The Kier molecular flexibility index (Phi) is 4.73. The fourth-order valence-electron chi connectivity index (χ4n) is 1.73. The molecule has 1 saturated heterocycles. The fraction of sp³-hybridized carbons (Fsp3) is 0.636. The Hall–Kier alpha value is -1.10. The van der Waals surface area contributed by atoms with E-state index in [2.05, 4.69) is 11.9 Å². The van der Waals surface area contributed by atoms with E-state index in [0.717, 1.165) is 25.0 Å². The molecule has 0 bridgehead atoms. The summed E-state index contributed by atoms with van der Waals surface area (Å²) in [4.78, 5) is 13.1. The Bertz CT molecular complexity index is 304. The lowest BCUT2D eigenvalue weighted by molar-refractivity contribution is -0.122. The van der Waals surface area contributed by atoms with Gasteiger partial charge < -0.3 is 16.0 Å². The van der Waals surface area contributed by atoms with Crippen molar-refractivity contribution in [2.24, 2.45) is 11.7 Å². The van der Waals surface area contributed by atoms with Crippen LogP contribution in [-0.4, -0.2) is 35.6 Å². The SMILES string of the molecule is C=C(C)CNC(=S)N1CCCC(C(N)=O)C1. The molecular formula is C11H19N3OS. The average molecular weight is 241 g/mol. The van der Waals surface area contributed by atoms with Gasteiger partial charge >= 0.3 is 0 Å². The molecule has 0 aliphatic carbocycles. The number of carbonyl (C=O) groups excluding carboxylic acids is 1. The van der Waals surface area contributed by atoms with Gasteiger partial charge in [0.25, 0.3) is 0 Å². The van der Waals surface area contributed by atoms with Crippen molar-refractivity contribution < 1.29 is 4.79 Å². The van der Waals surface area contributed by atoms with E-state index in [1.165, 1.54) is 0 Å². The maximum absolute atomic E-state index is 11.1. The van der Waals surface area contributed by atoms with Crippen LogP contribution in [0, 0.1) is 5.92 Å². The summed E-state index contributed by atoms with van der Waals surface area (Å²) in [5, 5.41) is 3.81. The first-order valence-corrected chi connectivity index (χ1v) is 5.88. The third-order valence-corrected chi connectivity index (χ3v) is 3.05. The second kappa shape index (κ2) is 5.84. The average Bonchev–Trinajstić information content (AvgIpc) is 2.26. The molecule has 1 aliphatic heterocycles. The summed E-state index contributed by atoms with van der Waals surface area (Å²) in [7, 11) is 0. The van der Waals surface area contributed by atoms with Gasteiger partial charge in [0.15, 0.2) is 5.11 Å². The third kappa shape index (κ3) is 3.81. The van der Waals surface area contributed by atoms with Crippen molar-refractivity contribution in [2.75, 3.05) is 19.6 Å². The largest absolute Gasteiger partial charge is 0.369 e. The molecule has 4 nitrogen and oxygen atoms in total. The van der Waals surface area contributed by atoms with E-state index < -0.39 is 0 Å². The van der Waals surface area contributed by atoms with Crippen molar-refractivity contribution >= 4 is 23.2 Å². The summed E-state index contributed by atoms with van der Waals surface area (Å²) in [6, 6.07) is 0. The second-order valence-corrected chi connectivity index (χ2v) is 4.69. The Labute approximate surface area is 102 Å². The number of nitrogens with one attached hydrogen (secondary N) is 1. The molecule has 1 atom stereocenters. The monoisotopic (exact) mass is 241 g/mol. The van der Waals surface area contributed by atoms with E-state index in [-0.39, 0.29) is 11.8 Å². The van der Waals surface area contributed by atoms with E-state index >= 15 is 0 Å². The normalized spacial score (nSPS) is 20.3. The summed E-state index contributed by atoms with van der Waals surface area (Å²) >= 11 is 5.25. The van der Waals surface area contributed by atoms with E-state index in [9.17, 15) is 4.79 Å². The number of carbonyl (C=O) groups is 1. The van der Waals surface area contributed by atoms with Crippen LogP contribution in [0.15, 0.2) is 12.2 Å². The maximum Gasteiger partial charge on any atom is 0.222 e. The molecule has 3 N–H and O–H groups in total. The number of likely N-dealkylation sites (tertiary alicyclic amines) is 1. The minimum Gasteiger partial charge on any atom is -0.369 e. The van der Waals surface area contributed by atoms with Gasteiger partial charge in [0, 0.05) is 19.6 Å². The first kappa shape index (κ1) is 13.0. The van der Waals surface area contributed by atoms with Gasteiger partial charge in [-0.3, -0.25) is 4.79 Å². The molecule has 1 fully saturated rings. The minimum absolute atomic E-state index is 0.0710. The summed E-state index contributed by atoms with van der Waals surface area (Å²) in [6.45, 7) is 7.95. The van der Waals surface area contributed by atoms with Crippen molar-refractivity contribution in [3.05, 3.63) is 12.2 Å². The zero-order valence-electron chi connectivity index (χ0n) is 9.66. The van der Waals surface area contributed by atoms with Crippen molar-refractivity contribution in [3.63, 3.8) is 0 Å². The highest BCUT2D eigenvalue weighted by Crippen LogP contribution is 2.15. The first-order chi connectivity index (χ1) is 7.50. The highest BCUT2D eigenvalue weighted by atomic mass is 32.1. The van der Waals surface area contributed by atoms with Gasteiger partial charge in [-0.05, 0) is 32.0 Å². The molecule has 5 heteroatoms. The number of nitrogens with zero attached hydrogens (tertiary/aromatic N) is 1. The lowest BCUT2D eigenvalue weighted by atomic mass is 9.98. The lowest BCUT2D eigenvalue weighted by Crippen LogP contribution is -2.48. The third-order valence-electron chi connectivity index (χ3n) is 2.65. The van der Waals surface area contributed by atoms with Crippen LogP contribution < -0.4 is 11.1 Å². The molecule has 16 heavy (non-hydrogen) atoms. The highest BCUT2D eigenvalue weighted by molar-refractivity contribution is 7.80. The number of hydrogen-bond acceptors (Lipinski definition) is 2. The quantitative estimate of drug-likeness (QED) is 0.562.